The van der Waals surface area contributed by atoms with E-state index in [2.05, 4.69) is 26.1 Å². The fraction of sp³-hybridized carbons (Fsp3) is 0.545. The Morgan fingerprint density at radius 3 is 2.45 bits per heavy atom. The molecule has 0 aliphatic carbocycles. The number of carbonyl (C=O) groups excluding carboxylic acids is 1. The summed E-state index contributed by atoms with van der Waals surface area (Å²) in [6, 6.07) is 5.34. The molecule has 1 aromatic carbocycles. The Hall–Kier alpha value is -2.05. The van der Waals surface area contributed by atoms with E-state index in [9.17, 15) is 9.59 Å². The maximum atomic E-state index is 13.1. The van der Waals surface area contributed by atoms with Gasteiger partial charge in [-0.05, 0) is 30.5 Å². The molecule has 6 nitrogen and oxygen atoms in total. The van der Waals surface area contributed by atoms with Gasteiger partial charge >= 0.3 is 0 Å². The molecule has 0 aliphatic rings. The maximum Gasteiger partial charge on any atom is 0.258 e. The lowest BCUT2D eigenvalue weighted by atomic mass is 10.1. The van der Waals surface area contributed by atoms with E-state index in [4.69, 9.17) is 10.5 Å². The van der Waals surface area contributed by atoms with Gasteiger partial charge in [0.25, 0.3) is 5.56 Å². The first kappa shape index (κ1) is 25.0. The SMILES string of the molecule is CCCCOc1c(CN)n(CC(C)C)c(=O)c2ccc(NC(=O)C(C)C)cc12.Cl. The molecular weight excluding hydrogens is 390 g/mol. The van der Waals surface area contributed by atoms with Gasteiger partial charge in [0.05, 0.1) is 17.7 Å². The average molecular weight is 424 g/mol. The van der Waals surface area contributed by atoms with Crippen molar-refractivity contribution in [3.05, 3.63) is 34.2 Å². The van der Waals surface area contributed by atoms with Gasteiger partial charge in [0.2, 0.25) is 5.91 Å². The fourth-order valence-electron chi connectivity index (χ4n) is 3.07. The summed E-state index contributed by atoms with van der Waals surface area (Å²) >= 11 is 0. The molecular formula is C22H34ClN3O3. The van der Waals surface area contributed by atoms with Gasteiger partial charge in [-0.3, -0.25) is 9.59 Å². The van der Waals surface area contributed by atoms with Gasteiger partial charge in [0, 0.05) is 30.1 Å². The van der Waals surface area contributed by atoms with Gasteiger partial charge in [-0.15, -0.1) is 12.4 Å². The number of carbonyl (C=O) groups is 1. The molecule has 2 aromatic rings. The fourth-order valence-corrected chi connectivity index (χ4v) is 3.07. The number of rotatable bonds is 9. The second-order valence-electron chi connectivity index (χ2n) is 7.90. The molecule has 0 saturated carbocycles. The Balaban J connectivity index is 0.00000420. The summed E-state index contributed by atoms with van der Waals surface area (Å²) in [5, 5.41) is 4.17. The van der Waals surface area contributed by atoms with Crippen molar-refractivity contribution in [2.45, 2.75) is 60.5 Å². The molecule has 2 rings (SSSR count). The number of amides is 1. The minimum atomic E-state index is -0.130. The molecule has 162 valence electrons. The number of pyridine rings is 1. The molecule has 0 spiro atoms. The molecule has 0 saturated heterocycles. The molecule has 1 aromatic heterocycles. The zero-order chi connectivity index (χ0) is 20.8. The number of nitrogens with one attached hydrogen (secondary N) is 1. The van der Waals surface area contributed by atoms with Crippen LogP contribution in [0.3, 0.4) is 0 Å². The smallest absolute Gasteiger partial charge is 0.258 e. The van der Waals surface area contributed by atoms with E-state index in [1.54, 1.807) is 16.7 Å². The summed E-state index contributed by atoms with van der Waals surface area (Å²) in [5.74, 6) is 0.745. The van der Waals surface area contributed by atoms with Gasteiger partial charge in [-0.25, -0.2) is 0 Å². The number of nitrogens with zero attached hydrogens (tertiary/aromatic N) is 1. The molecule has 1 amide bonds. The van der Waals surface area contributed by atoms with Crippen LogP contribution in [0.5, 0.6) is 5.75 Å². The van der Waals surface area contributed by atoms with Crippen molar-refractivity contribution in [1.29, 1.82) is 0 Å². The topological polar surface area (TPSA) is 86.3 Å². The quantitative estimate of drug-likeness (QED) is 0.588. The lowest BCUT2D eigenvalue weighted by molar-refractivity contribution is -0.118. The van der Waals surface area contributed by atoms with Gasteiger partial charge in [0.15, 0.2) is 0 Å². The van der Waals surface area contributed by atoms with Crippen LogP contribution in [0.25, 0.3) is 10.8 Å². The molecule has 29 heavy (non-hydrogen) atoms. The first-order valence-electron chi connectivity index (χ1n) is 10.1. The normalized spacial score (nSPS) is 11.0. The molecule has 0 atom stereocenters. The third-order valence-corrected chi connectivity index (χ3v) is 4.60. The molecule has 3 N–H and O–H groups in total. The van der Waals surface area contributed by atoms with Crippen LogP contribution in [0, 0.1) is 11.8 Å². The van der Waals surface area contributed by atoms with E-state index in [1.807, 2.05) is 19.9 Å². The van der Waals surface area contributed by atoms with Crippen LogP contribution in [0.1, 0.15) is 53.2 Å². The maximum absolute atomic E-state index is 13.1. The molecule has 0 aliphatic heterocycles. The van der Waals surface area contributed by atoms with Crippen molar-refractivity contribution in [2.75, 3.05) is 11.9 Å². The third kappa shape index (κ3) is 5.97. The number of unbranched alkanes of at least 4 members (excludes halogenated alkanes) is 1. The molecule has 7 heteroatoms. The number of hydrogen-bond acceptors (Lipinski definition) is 4. The number of halogens is 1. The number of ether oxygens (including phenoxy) is 1. The largest absolute Gasteiger partial charge is 0.491 e. The molecule has 0 unspecified atom stereocenters. The highest BCUT2D eigenvalue weighted by atomic mass is 35.5. The van der Waals surface area contributed by atoms with Crippen LogP contribution in [0.15, 0.2) is 23.0 Å². The Morgan fingerprint density at radius 2 is 1.90 bits per heavy atom. The minimum Gasteiger partial charge on any atom is -0.491 e. The average Bonchev–Trinajstić information content (AvgIpc) is 2.64. The molecule has 1 heterocycles. The monoisotopic (exact) mass is 423 g/mol. The Labute approximate surface area is 179 Å². The standard InChI is InChI=1S/C22H33N3O3.ClH/c1-6-7-10-28-20-18-11-16(24-21(26)15(4)5)8-9-17(18)22(27)25(13-14(2)3)19(20)12-23;/h8-9,11,14-15H,6-7,10,12-13,23H2,1-5H3,(H,24,26);1H. The number of nitrogens with two attached hydrogens (primary N) is 1. The summed E-state index contributed by atoms with van der Waals surface area (Å²) < 4.78 is 7.85. The van der Waals surface area contributed by atoms with Crippen molar-refractivity contribution in [1.82, 2.24) is 4.57 Å². The number of anilines is 1. The zero-order valence-electron chi connectivity index (χ0n) is 18.1. The van der Waals surface area contributed by atoms with E-state index in [1.165, 1.54) is 0 Å². The van der Waals surface area contributed by atoms with E-state index in [0.29, 0.717) is 47.0 Å². The van der Waals surface area contributed by atoms with Crippen LogP contribution in [0.4, 0.5) is 5.69 Å². The Morgan fingerprint density at radius 1 is 1.21 bits per heavy atom. The number of benzene rings is 1. The number of fused-ring (bicyclic) bond motifs is 1. The first-order chi connectivity index (χ1) is 13.3. The summed E-state index contributed by atoms with van der Waals surface area (Å²) in [6.07, 6.45) is 1.93. The Kier molecular flexibility index (Phi) is 9.66. The lowest BCUT2D eigenvalue weighted by Gasteiger charge is -2.21. The van der Waals surface area contributed by atoms with Crippen molar-refractivity contribution in [2.24, 2.45) is 17.6 Å². The van der Waals surface area contributed by atoms with Crippen LogP contribution in [-0.2, 0) is 17.9 Å². The van der Waals surface area contributed by atoms with Crippen molar-refractivity contribution >= 4 is 34.8 Å². The highest BCUT2D eigenvalue weighted by molar-refractivity contribution is 5.97. The van der Waals surface area contributed by atoms with Crippen LogP contribution in [0.2, 0.25) is 0 Å². The van der Waals surface area contributed by atoms with Crippen molar-refractivity contribution in [3.63, 3.8) is 0 Å². The number of hydrogen-bond donors (Lipinski definition) is 2. The second-order valence-corrected chi connectivity index (χ2v) is 7.90. The summed E-state index contributed by atoms with van der Waals surface area (Å²) in [6.45, 7) is 11.3. The summed E-state index contributed by atoms with van der Waals surface area (Å²) in [5.41, 5.74) is 7.32. The number of aromatic nitrogens is 1. The highest BCUT2D eigenvalue weighted by Gasteiger charge is 2.19. The van der Waals surface area contributed by atoms with E-state index in [0.717, 1.165) is 12.8 Å². The summed E-state index contributed by atoms with van der Waals surface area (Å²) in [4.78, 5) is 25.2. The summed E-state index contributed by atoms with van der Waals surface area (Å²) in [7, 11) is 0. The zero-order valence-corrected chi connectivity index (χ0v) is 18.9. The predicted molar refractivity (Wildman–Crippen MR) is 122 cm³/mol. The van der Waals surface area contributed by atoms with Gasteiger partial charge in [-0.1, -0.05) is 41.0 Å². The van der Waals surface area contributed by atoms with Gasteiger partial charge < -0.3 is 20.4 Å². The van der Waals surface area contributed by atoms with Crippen LogP contribution >= 0.6 is 12.4 Å². The van der Waals surface area contributed by atoms with E-state index >= 15 is 0 Å². The minimum absolute atomic E-state index is 0. The first-order valence-corrected chi connectivity index (χ1v) is 10.1. The molecule has 0 fully saturated rings. The van der Waals surface area contributed by atoms with E-state index in [-0.39, 0.29) is 36.3 Å². The van der Waals surface area contributed by atoms with Crippen molar-refractivity contribution in [3.8, 4) is 5.75 Å². The van der Waals surface area contributed by atoms with Crippen LogP contribution in [-0.4, -0.2) is 17.1 Å². The molecule has 0 bridgehead atoms. The van der Waals surface area contributed by atoms with Crippen LogP contribution < -0.4 is 21.3 Å². The van der Waals surface area contributed by atoms with Gasteiger partial charge in [0.1, 0.15) is 5.75 Å². The molecule has 0 radical (unpaired) electrons. The Bertz CT molecular complexity index is 891. The van der Waals surface area contributed by atoms with E-state index < -0.39 is 0 Å². The lowest BCUT2D eigenvalue weighted by Crippen LogP contribution is -2.28. The van der Waals surface area contributed by atoms with Gasteiger partial charge in [-0.2, -0.15) is 0 Å². The predicted octanol–water partition coefficient (Wildman–Crippen LogP) is 4.31. The van der Waals surface area contributed by atoms with Crippen molar-refractivity contribution < 1.29 is 9.53 Å². The second kappa shape index (κ2) is 11.2. The highest BCUT2D eigenvalue weighted by Crippen LogP contribution is 2.31. The third-order valence-electron chi connectivity index (χ3n) is 4.60.